The number of nitrogens with zero attached hydrogens (tertiary/aromatic N) is 1. The molecule has 0 radical (unpaired) electrons. The molecule has 2 heterocycles. The van der Waals surface area contributed by atoms with E-state index in [4.69, 9.17) is 9.52 Å². The van der Waals surface area contributed by atoms with Crippen LogP contribution in [-0.2, 0) is 9.59 Å². The Morgan fingerprint density at radius 1 is 1.48 bits per heavy atom. The van der Waals surface area contributed by atoms with Crippen molar-refractivity contribution in [3.05, 3.63) is 24.2 Å². The standard InChI is InChI=1S/C14H18N2O5/c1-9-7-10(14(19)20)4-5-16(9)12(17)8-15-13(18)11-3-2-6-21-11/h2-3,6,9-10H,4-5,7-8H2,1H3,(H,15,18)(H,19,20). The van der Waals surface area contributed by atoms with E-state index in [2.05, 4.69) is 5.32 Å². The first-order valence-electron chi connectivity index (χ1n) is 6.83. The summed E-state index contributed by atoms with van der Waals surface area (Å²) in [6.45, 7) is 2.09. The van der Waals surface area contributed by atoms with Gasteiger partial charge in [0.2, 0.25) is 5.91 Å². The summed E-state index contributed by atoms with van der Waals surface area (Å²) in [5, 5.41) is 11.5. The van der Waals surface area contributed by atoms with E-state index in [0.29, 0.717) is 19.4 Å². The Morgan fingerprint density at radius 2 is 2.24 bits per heavy atom. The lowest BCUT2D eigenvalue weighted by Gasteiger charge is -2.36. The van der Waals surface area contributed by atoms with Crippen LogP contribution in [0.5, 0.6) is 0 Å². The molecular weight excluding hydrogens is 276 g/mol. The molecule has 0 aliphatic carbocycles. The quantitative estimate of drug-likeness (QED) is 0.852. The predicted molar refractivity (Wildman–Crippen MR) is 72.6 cm³/mol. The van der Waals surface area contributed by atoms with Gasteiger partial charge in [0.15, 0.2) is 5.76 Å². The second-order valence-corrected chi connectivity index (χ2v) is 5.16. The van der Waals surface area contributed by atoms with E-state index in [0.717, 1.165) is 0 Å². The van der Waals surface area contributed by atoms with Crippen molar-refractivity contribution >= 4 is 17.8 Å². The summed E-state index contributed by atoms with van der Waals surface area (Å²) in [5.74, 6) is -1.73. The van der Waals surface area contributed by atoms with E-state index < -0.39 is 17.8 Å². The van der Waals surface area contributed by atoms with Crippen LogP contribution in [-0.4, -0.2) is 46.9 Å². The summed E-state index contributed by atoms with van der Waals surface area (Å²) in [4.78, 5) is 36.3. The Morgan fingerprint density at radius 3 is 2.81 bits per heavy atom. The van der Waals surface area contributed by atoms with Gasteiger partial charge in [-0.2, -0.15) is 0 Å². The molecule has 1 fully saturated rings. The normalized spacial score (nSPS) is 21.9. The number of carboxylic acid groups (broad SMARTS) is 1. The number of carbonyl (C=O) groups excluding carboxylic acids is 2. The van der Waals surface area contributed by atoms with Crippen LogP contribution in [0.4, 0.5) is 0 Å². The minimum atomic E-state index is -0.819. The third-order valence-electron chi connectivity index (χ3n) is 3.69. The summed E-state index contributed by atoms with van der Waals surface area (Å²) in [6, 6.07) is 2.96. The van der Waals surface area contributed by atoms with Crippen LogP contribution in [0, 0.1) is 5.92 Å². The third-order valence-corrected chi connectivity index (χ3v) is 3.69. The average Bonchev–Trinajstić information content (AvgIpc) is 2.98. The summed E-state index contributed by atoms with van der Waals surface area (Å²) in [7, 11) is 0. The fraction of sp³-hybridized carbons (Fsp3) is 0.500. The fourth-order valence-electron chi connectivity index (χ4n) is 2.52. The van der Waals surface area contributed by atoms with E-state index in [1.54, 1.807) is 11.0 Å². The fourth-order valence-corrected chi connectivity index (χ4v) is 2.52. The lowest BCUT2D eigenvalue weighted by molar-refractivity contribution is -0.147. The molecule has 2 rings (SSSR count). The van der Waals surface area contributed by atoms with E-state index >= 15 is 0 Å². The molecular formula is C14H18N2O5. The first kappa shape index (κ1) is 15.1. The van der Waals surface area contributed by atoms with Crippen LogP contribution < -0.4 is 5.32 Å². The zero-order valence-electron chi connectivity index (χ0n) is 11.7. The maximum Gasteiger partial charge on any atom is 0.306 e. The monoisotopic (exact) mass is 294 g/mol. The summed E-state index contributed by atoms with van der Waals surface area (Å²) in [6.07, 6.45) is 2.26. The van der Waals surface area contributed by atoms with Gasteiger partial charge in [-0.25, -0.2) is 0 Å². The lowest BCUT2D eigenvalue weighted by Crippen LogP contribution is -2.49. The van der Waals surface area contributed by atoms with Gasteiger partial charge in [-0.15, -0.1) is 0 Å². The number of likely N-dealkylation sites (tertiary alicyclic amines) is 1. The maximum absolute atomic E-state index is 12.1. The van der Waals surface area contributed by atoms with E-state index in [-0.39, 0.29) is 24.3 Å². The number of amides is 2. The van der Waals surface area contributed by atoms with Gasteiger partial charge in [-0.1, -0.05) is 0 Å². The van der Waals surface area contributed by atoms with Crippen molar-refractivity contribution in [2.75, 3.05) is 13.1 Å². The maximum atomic E-state index is 12.1. The summed E-state index contributed by atoms with van der Waals surface area (Å²) >= 11 is 0. The molecule has 114 valence electrons. The molecule has 7 nitrogen and oxygen atoms in total. The van der Waals surface area contributed by atoms with Crippen LogP contribution in [0.3, 0.4) is 0 Å². The number of piperidine rings is 1. The molecule has 2 N–H and O–H groups in total. The Bertz CT molecular complexity index is 525. The van der Waals surface area contributed by atoms with E-state index in [9.17, 15) is 14.4 Å². The van der Waals surface area contributed by atoms with Gasteiger partial charge < -0.3 is 19.7 Å². The molecule has 1 saturated heterocycles. The molecule has 0 aromatic carbocycles. The second kappa shape index (κ2) is 6.43. The number of hydrogen-bond donors (Lipinski definition) is 2. The van der Waals surface area contributed by atoms with E-state index in [1.165, 1.54) is 12.3 Å². The van der Waals surface area contributed by atoms with Crippen molar-refractivity contribution in [1.29, 1.82) is 0 Å². The Labute approximate surface area is 121 Å². The predicted octanol–water partition coefficient (Wildman–Crippen LogP) is 0.721. The molecule has 1 aromatic heterocycles. The van der Waals surface area contributed by atoms with Gasteiger partial charge in [0, 0.05) is 12.6 Å². The third kappa shape index (κ3) is 3.62. The van der Waals surface area contributed by atoms with Gasteiger partial charge in [0.1, 0.15) is 0 Å². The largest absolute Gasteiger partial charge is 0.481 e. The van der Waals surface area contributed by atoms with Gasteiger partial charge >= 0.3 is 5.97 Å². The summed E-state index contributed by atoms with van der Waals surface area (Å²) in [5.41, 5.74) is 0. The Kier molecular flexibility index (Phi) is 4.62. The van der Waals surface area contributed by atoms with Crippen LogP contribution in [0.15, 0.2) is 22.8 Å². The molecule has 2 atom stereocenters. The van der Waals surface area contributed by atoms with Gasteiger partial charge in [-0.3, -0.25) is 14.4 Å². The molecule has 0 spiro atoms. The zero-order chi connectivity index (χ0) is 15.4. The van der Waals surface area contributed by atoms with E-state index in [1.807, 2.05) is 6.92 Å². The SMILES string of the molecule is CC1CC(C(=O)O)CCN1C(=O)CNC(=O)c1ccco1. The first-order chi connectivity index (χ1) is 9.99. The number of hydrogen-bond acceptors (Lipinski definition) is 4. The molecule has 0 saturated carbocycles. The van der Waals surface area contributed by atoms with Crippen molar-refractivity contribution in [1.82, 2.24) is 10.2 Å². The molecule has 2 unspecified atom stereocenters. The highest BCUT2D eigenvalue weighted by atomic mass is 16.4. The molecule has 21 heavy (non-hydrogen) atoms. The molecule has 1 aliphatic rings. The van der Waals surface area contributed by atoms with Crippen LogP contribution in [0.1, 0.15) is 30.3 Å². The molecule has 7 heteroatoms. The number of carboxylic acids is 1. The van der Waals surface area contributed by atoms with Crippen molar-refractivity contribution in [2.45, 2.75) is 25.8 Å². The highest BCUT2D eigenvalue weighted by Crippen LogP contribution is 2.22. The highest BCUT2D eigenvalue weighted by molar-refractivity contribution is 5.94. The minimum absolute atomic E-state index is 0.123. The van der Waals surface area contributed by atoms with Gasteiger partial charge in [-0.05, 0) is 31.9 Å². The average molecular weight is 294 g/mol. The van der Waals surface area contributed by atoms with Crippen molar-refractivity contribution in [3.63, 3.8) is 0 Å². The van der Waals surface area contributed by atoms with Gasteiger partial charge in [0.25, 0.3) is 5.91 Å². The Hall–Kier alpha value is -2.31. The smallest absolute Gasteiger partial charge is 0.306 e. The van der Waals surface area contributed by atoms with Crippen LogP contribution in [0.2, 0.25) is 0 Å². The van der Waals surface area contributed by atoms with Crippen molar-refractivity contribution in [2.24, 2.45) is 5.92 Å². The topological polar surface area (TPSA) is 99.9 Å². The lowest BCUT2D eigenvalue weighted by atomic mass is 9.92. The van der Waals surface area contributed by atoms with Crippen molar-refractivity contribution < 1.29 is 23.9 Å². The molecule has 2 amide bonds. The molecule has 1 aromatic rings. The van der Waals surface area contributed by atoms with Gasteiger partial charge in [0.05, 0.1) is 18.7 Å². The first-order valence-corrected chi connectivity index (χ1v) is 6.83. The number of nitrogens with one attached hydrogen (secondary N) is 1. The minimum Gasteiger partial charge on any atom is -0.481 e. The van der Waals surface area contributed by atoms with Crippen LogP contribution in [0.25, 0.3) is 0 Å². The number of rotatable bonds is 4. The second-order valence-electron chi connectivity index (χ2n) is 5.16. The summed E-state index contributed by atoms with van der Waals surface area (Å²) < 4.78 is 4.93. The van der Waals surface area contributed by atoms with Crippen molar-refractivity contribution in [3.8, 4) is 0 Å². The molecule has 0 bridgehead atoms. The highest BCUT2D eigenvalue weighted by Gasteiger charge is 2.32. The number of aliphatic carboxylic acids is 1. The number of carbonyl (C=O) groups is 3. The Balaban J connectivity index is 1.84. The number of furan rings is 1. The molecule has 1 aliphatic heterocycles. The van der Waals surface area contributed by atoms with Crippen LogP contribution >= 0.6 is 0 Å². The zero-order valence-corrected chi connectivity index (χ0v) is 11.7.